The van der Waals surface area contributed by atoms with Crippen LogP contribution in [0.3, 0.4) is 0 Å². The van der Waals surface area contributed by atoms with E-state index in [2.05, 4.69) is 29.6 Å². The molecular weight excluding hydrogens is 494 g/mol. The van der Waals surface area contributed by atoms with Crippen molar-refractivity contribution in [3.8, 4) is 21.6 Å². The van der Waals surface area contributed by atoms with Crippen molar-refractivity contribution in [2.75, 3.05) is 0 Å². The number of rotatable bonds is 11. The summed E-state index contributed by atoms with van der Waals surface area (Å²) < 4.78 is 6.24. The molecule has 0 saturated heterocycles. The number of carboxylic acid groups (broad SMARTS) is 1. The van der Waals surface area contributed by atoms with Crippen LogP contribution in [0.5, 0.6) is 0 Å². The molecule has 1 amide bonds. The first-order valence-corrected chi connectivity index (χ1v) is 13.7. The molecule has 4 aromatic rings. The average Bonchev–Trinajstić information content (AvgIpc) is 3.43. The largest absolute Gasteiger partial charge is 0.480 e. The Morgan fingerprint density at radius 1 is 0.947 bits per heavy atom. The first kappa shape index (κ1) is 27.3. The highest BCUT2D eigenvalue weighted by Gasteiger charge is 2.22. The molecule has 0 aliphatic rings. The van der Waals surface area contributed by atoms with E-state index in [1.807, 2.05) is 75.4 Å². The minimum absolute atomic E-state index is 0.0901. The summed E-state index contributed by atoms with van der Waals surface area (Å²) in [5.74, 6) is -1.42. The Morgan fingerprint density at radius 3 is 2.39 bits per heavy atom. The molecule has 196 valence electrons. The number of benzene rings is 3. The van der Waals surface area contributed by atoms with Gasteiger partial charge in [0, 0.05) is 15.3 Å². The van der Waals surface area contributed by atoms with E-state index in [1.165, 1.54) is 10.4 Å². The number of hydrogen-bond acceptors (Lipinski definition) is 4. The van der Waals surface area contributed by atoms with Crippen LogP contribution in [0.1, 0.15) is 59.2 Å². The first-order chi connectivity index (χ1) is 18.4. The highest BCUT2D eigenvalue weighted by atomic mass is 32.1. The summed E-state index contributed by atoms with van der Waals surface area (Å²) in [7, 11) is 0. The molecule has 0 radical (unpaired) electrons. The third-order valence-corrected chi connectivity index (χ3v) is 7.83. The highest BCUT2D eigenvalue weighted by Crippen LogP contribution is 2.34. The van der Waals surface area contributed by atoms with Crippen molar-refractivity contribution in [1.29, 1.82) is 0 Å². The van der Waals surface area contributed by atoms with Crippen LogP contribution in [-0.4, -0.2) is 23.0 Å². The minimum Gasteiger partial charge on any atom is -0.480 e. The number of ether oxygens (including phenoxy) is 1. The van der Waals surface area contributed by atoms with Crippen molar-refractivity contribution >= 4 is 23.2 Å². The van der Waals surface area contributed by atoms with Crippen LogP contribution in [0.4, 0.5) is 0 Å². The monoisotopic (exact) mass is 527 g/mol. The van der Waals surface area contributed by atoms with Gasteiger partial charge in [-0.2, -0.15) is 0 Å². The fraction of sp³-hybridized carbons (Fsp3) is 0.250. The van der Waals surface area contributed by atoms with Crippen molar-refractivity contribution in [2.45, 2.75) is 52.4 Å². The first-order valence-electron chi connectivity index (χ1n) is 12.9. The van der Waals surface area contributed by atoms with Crippen LogP contribution < -0.4 is 5.32 Å². The van der Waals surface area contributed by atoms with E-state index in [1.54, 1.807) is 17.4 Å². The third-order valence-electron chi connectivity index (χ3n) is 6.53. The van der Waals surface area contributed by atoms with E-state index in [0.29, 0.717) is 25.0 Å². The second-order valence-corrected chi connectivity index (χ2v) is 10.5. The normalized spacial score (nSPS) is 12.6. The van der Waals surface area contributed by atoms with Gasteiger partial charge >= 0.3 is 5.97 Å². The van der Waals surface area contributed by atoms with E-state index in [0.717, 1.165) is 27.1 Å². The molecule has 0 saturated carbocycles. The molecule has 2 unspecified atom stereocenters. The summed E-state index contributed by atoms with van der Waals surface area (Å²) in [6.07, 6.45) is 0.944. The molecule has 0 aliphatic carbocycles. The fourth-order valence-electron chi connectivity index (χ4n) is 4.39. The standard InChI is InChI=1S/C32H33NO4S/c1-4-10-28(32(35)36)33-31(34)26-16-15-23(19-27(26)25-14-9-8-11-21(25)2)20-37-22(3)29-17-18-30(38-29)24-12-6-5-7-13-24/h5-9,11-19,22,28H,4,10,20H2,1-3H3,(H,33,34)(H,35,36). The van der Waals surface area contributed by atoms with Gasteiger partial charge in [-0.1, -0.05) is 74.0 Å². The fourth-order valence-corrected chi connectivity index (χ4v) is 5.41. The lowest BCUT2D eigenvalue weighted by molar-refractivity contribution is -0.139. The topological polar surface area (TPSA) is 75.6 Å². The Kier molecular flexibility index (Phi) is 9.10. The van der Waals surface area contributed by atoms with Crippen molar-refractivity contribution in [3.05, 3.63) is 106 Å². The molecule has 6 heteroatoms. The molecular formula is C32H33NO4S. The molecule has 5 nitrogen and oxygen atoms in total. The number of carbonyl (C=O) groups is 2. The number of aryl methyl sites for hydroxylation is 1. The van der Waals surface area contributed by atoms with Gasteiger partial charge in [0.25, 0.3) is 5.91 Å². The molecule has 0 spiro atoms. The predicted molar refractivity (Wildman–Crippen MR) is 153 cm³/mol. The number of thiophene rings is 1. The van der Waals surface area contributed by atoms with Crippen LogP contribution in [0.25, 0.3) is 21.6 Å². The molecule has 0 fully saturated rings. The van der Waals surface area contributed by atoms with Gasteiger partial charge in [0.1, 0.15) is 6.04 Å². The lowest BCUT2D eigenvalue weighted by atomic mass is 9.93. The van der Waals surface area contributed by atoms with E-state index < -0.39 is 17.9 Å². The van der Waals surface area contributed by atoms with Gasteiger partial charge < -0.3 is 15.2 Å². The van der Waals surface area contributed by atoms with Gasteiger partial charge in [0.05, 0.1) is 12.7 Å². The predicted octanol–water partition coefficient (Wildman–Crippen LogP) is 7.65. The SMILES string of the molecule is CCCC(NC(=O)c1ccc(COC(C)c2ccc(-c3ccccc3)s2)cc1-c1ccccc1C)C(=O)O. The number of hydrogen-bond donors (Lipinski definition) is 2. The summed E-state index contributed by atoms with van der Waals surface area (Å²) in [6, 6.07) is 27.1. The molecule has 3 aromatic carbocycles. The van der Waals surface area contributed by atoms with Crippen molar-refractivity contribution in [2.24, 2.45) is 0 Å². The number of carbonyl (C=O) groups excluding carboxylic acids is 1. The summed E-state index contributed by atoms with van der Waals surface area (Å²) >= 11 is 1.72. The Hall–Kier alpha value is -3.74. The highest BCUT2D eigenvalue weighted by molar-refractivity contribution is 7.15. The molecule has 0 aliphatic heterocycles. The lowest BCUT2D eigenvalue weighted by Crippen LogP contribution is -2.40. The van der Waals surface area contributed by atoms with Gasteiger partial charge in [-0.25, -0.2) is 4.79 Å². The van der Waals surface area contributed by atoms with Gasteiger partial charge in [0.2, 0.25) is 0 Å². The Bertz CT molecular complexity index is 1400. The molecule has 0 bridgehead atoms. The maximum Gasteiger partial charge on any atom is 0.326 e. The van der Waals surface area contributed by atoms with Gasteiger partial charge in [-0.15, -0.1) is 11.3 Å². The van der Waals surface area contributed by atoms with Crippen LogP contribution in [0, 0.1) is 6.92 Å². The maximum atomic E-state index is 13.2. The second kappa shape index (κ2) is 12.7. The van der Waals surface area contributed by atoms with Gasteiger partial charge in [-0.3, -0.25) is 4.79 Å². The average molecular weight is 528 g/mol. The van der Waals surface area contributed by atoms with Crippen LogP contribution >= 0.6 is 11.3 Å². The van der Waals surface area contributed by atoms with E-state index in [9.17, 15) is 14.7 Å². The molecule has 2 N–H and O–H groups in total. The van der Waals surface area contributed by atoms with Crippen LogP contribution in [0.2, 0.25) is 0 Å². The summed E-state index contributed by atoms with van der Waals surface area (Å²) in [5.41, 5.74) is 5.30. The molecule has 1 aromatic heterocycles. The number of aliphatic carboxylic acids is 1. The summed E-state index contributed by atoms with van der Waals surface area (Å²) in [5, 5.41) is 12.2. The number of amides is 1. The zero-order valence-electron chi connectivity index (χ0n) is 21.9. The smallest absolute Gasteiger partial charge is 0.326 e. The zero-order valence-corrected chi connectivity index (χ0v) is 22.8. The van der Waals surface area contributed by atoms with Crippen molar-refractivity contribution in [3.63, 3.8) is 0 Å². The summed E-state index contributed by atoms with van der Waals surface area (Å²) in [4.78, 5) is 27.2. The number of nitrogens with one attached hydrogen (secondary N) is 1. The van der Waals surface area contributed by atoms with E-state index in [4.69, 9.17) is 4.74 Å². The van der Waals surface area contributed by atoms with Gasteiger partial charge in [-0.05, 0) is 72.4 Å². The van der Waals surface area contributed by atoms with Crippen LogP contribution in [-0.2, 0) is 16.1 Å². The summed E-state index contributed by atoms with van der Waals surface area (Å²) in [6.45, 7) is 6.33. The van der Waals surface area contributed by atoms with Gasteiger partial charge in [0.15, 0.2) is 0 Å². The molecule has 38 heavy (non-hydrogen) atoms. The third kappa shape index (κ3) is 6.57. The Balaban J connectivity index is 1.55. The van der Waals surface area contributed by atoms with Crippen molar-refractivity contribution < 1.29 is 19.4 Å². The Labute approximate surface area is 228 Å². The maximum absolute atomic E-state index is 13.2. The van der Waals surface area contributed by atoms with E-state index in [-0.39, 0.29) is 6.10 Å². The second-order valence-electron chi connectivity index (χ2n) is 9.37. The molecule has 2 atom stereocenters. The zero-order chi connectivity index (χ0) is 27.1. The minimum atomic E-state index is -1.03. The molecule has 4 rings (SSSR count). The Morgan fingerprint density at radius 2 is 1.68 bits per heavy atom. The van der Waals surface area contributed by atoms with Crippen molar-refractivity contribution in [1.82, 2.24) is 5.32 Å². The van der Waals surface area contributed by atoms with Crippen LogP contribution in [0.15, 0.2) is 84.9 Å². The quantitative estimate of drug-likeness (QED) is 0.210. The van der Waals surface area contributed by atoms with E-state index >= 15 is 0 Å². The number of carboxylic acids is 1. The lowest BCUT2D eigenvalue weighted by Gasteiger charge is -2.18. The molecule has 1 heterocycles.